The molecule has 0 aromatic carbocycles. The summed E-state index contributed by atoms with van der Waals surface area (Å²) in [6, 6.07) is 2.71. The molecule has 1 aromatic rings. The molecule has 1 saturated heterocycles. The molecule has 1 aromatic heterocycles. The molecule has 0 spiro atoms. The maximum absolute atomic E-state index is 12.7. The average molecular weight is 238 g/mol. The molecule has 2 atom stereocenters. The van der Waals surface area contributed by atoms with Crippen LogP contribution in [-0.4, -0.2) is 41.6 Å². The van der Waals surface area contributed by atoms with Gasteiger partial charge in [0.1, 0.15) is 0 Å². The van der Waals surface area contributed by atoms with Crippen LogP contribution in [0.4, 0.5) is 4.39 Å². The van der Waals surface area contributed by atoms with Gasteiger partial charge in [-0.25, -0.2) is 4.98 Å². The molecule has 0 N–H and O–H groups in total. The summed E-state index contributed by atoms with van der Waals surface area (Å²) in [6.45, 7) is 2.62. The van der Waals surface area contributed by atoms with Crippen LogP contribution in [0.3, 0.4) is 0 Å². The first kappa shape index (κ1) is 12.0. The Balaban J connectivity index is 2.11. The zero-order valence-electron chi connectivity index (χ0n) is 9.89. The summed E-state index contributed by atoms with van der Waals surface area (Å²) < 4.78 is 18.1. The highest BCUT2D eigenvalue weighted by atomic mass is 19.1. The highest BCUT2D eigenvalue weighted by Crippen LogP contribution is 2.19. The van der Waals surface area contributed by atoms with E-state index in [9.17, 15) is 9.18 Å². The number of pyridine rings is 1. The number of nitrogens with zero attached hydrogens (tertiary/aromatic N) is 2. The number of aromatic nitrogens is 1. The fraction of sp³-hybridized carbons (Fsp3) is 0.500. The molecule has 92 valence electrons. The van der Waals surface area contributed by atoms with E-state index in [1.807, 2.05) is 6.92 Å². The number of halogens is 1. The minimum Gasteiger partial charge on any atom is -0.376 e. The van der Waals surface area contributed by atoms with Gasteiger partial charge in [-0.3, -0.25) is 4.79 Å². The van der Waals surface area contributed by atoms with Crippen molar-refractivity contribution in [2.24, 2.45) is 0 Å². The van der Waals surface area contributed by atoms with E-state index in [2.05, 4.69) is 4.98 Å². The van der Waals surface area contributed by atoms with E-state index in [4.69, 9.17) is 4.74 Å². The topological polar surface area (TPSA) is 42.4 Å². The summed E-state index contributed by atoms with van der Waals surface area (Å²) in [4.78, 5) is 17.2. The summed E-state index contributed by atoms with van der Waals surface area (Å²) in [5.41, 5.74) is 0.396. The van der Waals surface area contributed by atoms with E-state index in [-0.39, 0.29) is 18.1 Å². The van der Waals surface area contributed by atoms with Crippen molar-refractivity contribution in [1.29, 1.82) is 0 Å². The van der Waals surface area contributed by atoms with Gasteiger partial charge < -0.3 is 9.64 Å². The maximum Gasteiger partial charge on any atom is 0.255 e. The lowest BCUT2D eigenvalue weighted by Gasteiger charge is -2.26. The molecule has 4 nitrogen and oxygen atoms in total. The Kier molecular flexibility index (Phi) is 3.38. The average Bonchev–Trinajstić information content (AvgIpc) is 2.74. The minimum atomic E-state index is -0.582. The summed E-state index contributed by atoms with van der Waals surface area (Å²) >= 11 is 0. The fourth-order valence-electron chi connectivity index (χ4n) is 2.09. The zero-order valence-corrected chi connectivity index (χ0v) is 9.89. The van der Waals surface area contributed by atoms with Crippen LogP contribution in [0.2, 0.25) is 0 Å². The molecular weight excluding hydrogens is 223 g/mol. The van der Waals surface area contributed by atoms with Gasteiger partial charge in [0.2, 0.25) is 5.95 Å². The molecule has 2 heterocycles. The third-order valence-electron chi connectivity index (χ3n) is 3.13. The van der Waals surface area contributed by atoms with Crippen molar-refractivity contribution in [2.45, 2.75) is 25.5 Å². The van der Waals surface area contributed by atoms with E-state index in [1.54, 1.807) is 11.9 Å². The molecule has 0 saturated carbocycles. The van der Waals surface area contributed by atoms with Crippen LogP contribution in [-0.2, 0) is 4.74 Å². The predicted molar refractivity (Wildman–Crippen MR) is 60.1 cm³/mol. The van der Waals surface area contributed by atoms with Crippen LogP contribution in [0.25, 0.3) is 0 Å². The number of hydrogen-bond donors (Lipinski definition) is 0. The maximum atomic E-state index is 12.7. The van der Waals surface area contributed by atoms with Crippen molar-refractivity contribution >= 4 is 5.91 Å². The smallest absolute Gasteiger partial charge is 0.255 e. The van der Waals surface area contributed by atoms with Crippen molar-refractivity contribution in [3.8, 4) is 0 Å². The second-order valence-corrected chi connectivity index (χ2v) is 4.22. The summed E-state index contributed by atoms with van der Waals surface area (Å²) in [6.07, 6.45) is 2.13. The highest BCUT2D eigenvalue weighted by Gasteiger charge is 2.31. The van der Waals surface area contributed by atoms with Gasteiger partial charge in [-0.1, -0.05) is 0 Å². The van der Waals surface area contributed by atoms with Gasteiger partial charge in [0, 0.05) is 19.9 Å². The molecule has 2 rings (SSSR count). The Labute approximate surface area is 99.4 Å². The Morgan fingerprint density at radius 2 is 2.35 bits per heavy atom. The predicted octanol–water partition coefficient (Wildman–Crippen LogP) is 1.47. The SMILES string of the molecule is CC1OCCC1N(C)C(=O)c1ccc(F)nc1. The number of ether oxygens (including phenoxy) is 1. The van der Waals surface area contributed by atoms with E-state index >= 15 is 0 Å². The van der Waals surface area contributed by atoms with Gasteiger partial charge in [-0.2, -0.15) is 4.39 Å². The van der Waals surface area contributed by atoms with Crippen molar-refractivity contribution in [3.63, 3.8) is 0 Å². The first-order valence-electron chi connectivity index (χ1n) is 5.60. The quantitative estimate of drug-likeness (QED) is 0.733. The second kappa shape index (κ2) is 4.79. The number of amides is 1. The largest absolute Gasteiger partial charge is 0.376 e. The van der Waals surface area contributed by atoms with E-state index in [1.165, 1.54) is 18.3 Å². The number of carbonyl (C=O) groups excluding carboxylic acids is 1. The molecule has 1 aliphatic heterocycles. The van der Waals surface area contributed by atoms with Crippen LogP contribution in [0, 0.1) is 5.95 Å². The van der Waals surface area contributed by atoms with Crippen LogP contribution in [0.5, 0.6) is 0 Å². The van der Waals surface area contributed by atoms with E-state index in [0.29, 0.717) is 12.2 Å². The summed E-state index contributed by atoms with van der Waals surface area (Å²) in [7, 11) is 1.74. The van der Waals surface area contributed by atoms with Crippen LogP contribution < -0.4 is 0 Å². The number of likely N-dealkylation sites (N-methyl/N-ethyl adjacent to an activating group) is 1. The molecule has 2 unspecified atom stereocenters. The molecule has 0 bridgehead atoms. The molecule has 0 radical (unpaired) electrons. The molecule has 1 amide bonds. The first-order chi connectivity index (χ1) is 8.09. The van der Waals surface area contributed by atoms with Crippen molar-refractivity contribution in [2.75, 3.05) is 13.7 Å². The Hall–Kier alpha value is -1.49. The van der Waals surface area contributed by atoms with Crippen LogP contribution >= 0.6 is 0 Å². The summed E-state index contributed by atoms with van der Waals surface area (Å²) in [5.74, 6) is -0.735. The Bertz CT molecular complexity index is 407. The van der Waals surface area contributed by atoms with Gasteiger partial charge in [0.25, 0.3) is 5.91 Å². The third-order valence-corrected chi connectivity index (χ3v) is 3.13. The Morgan fingerprint density at radius 3 is 2.88 bits per heavy atom. The number of carbonyl (C=O) groups is 1. The zero-order chi connectivity index (χ0) is 12.4. The number of rotatable bonds is 2. The molecular formula is C12H15FN2O2. The lowest BCUT2D eigenvalue weighted by atomic mass is 10.1. The van der Waals surface area contributed by atoms with Gasteiger partial charge in [-0.15, -0.1) is 0 Å². The van der Waals surface area contributed by atoms with Gasteiger partial charge in [0.15, 0.2) is 0 Å². The molecule has 5 heteroatoms. The van der Waals surface area contributed by atoms with Gasteiger partial charge in [0.05, 0.1) is 17.7 Å². The normalized spacial score (nSPS) is 23.7. The second-order valence-electron chi connectivity index (χ2n) is 4.22. The van der Waals surface area contributed by atoms with Gasteiger partial charge >= 0.3 is 0 Å². The third kappa shape index (κ3) is 2.44. The molecule has 1 aliphatic rings. The van der Waals surface area contributed by atoms with Crippen molar-refractivity contribution in [3.05, 3.63) is 29.8 Å². The molecule has 0 aliphatic carbocycles. The van der Waals surface area contributed by atoms with Crippen LogP contribution in [0.1, 0.15) is 23.7 Å². The monoisotopic (exact) mass is 238 g/mol. The fourth-order valence-corrected chi connectivity index (χ4v) is 2.09. The van der Waals surface area contributed by atoms with E-state index < -0.39 is 5.95 Å². The van der Waals surface area contributed by atoms with Crippen LogP contribution in [0.15, 0.2) is 18.3 Å². The van der Waals surface area contributed by atoms with Gasteiger partial charge in [-0.05, 0) is 25.5 Å². The van der Waals surface area contributed by atoms with E-state index in [0.717, 1.165) is 6.42 Å². The molecule has 17 heavy (non-hydrogen) atoms. The lowest BCUT2D eigenvalue weighted by molar-refractivity contribution is 0.0574. The summed E-state index contributed by atoms with van der Waals surface area (Å²) in [5, 5.41) is 0. The standard InChI is InChI=1S/C12H15FN2O2/c1-8-10(5-6-17-8)15(2)12(16)9-3-4-11(13)14-7-9/h3-4,7-8,10H,5-6H2,1-2H3. The molecule has 1 fully saturated rings. The highest BCUT2D eigenvalue weighted by molar-refractivity contribution is 5.93. The van der Waals surface area contributed by atoms with Crippen molar-refractivity contribution < 1.29 is 13.9 Å². The minimum absolute atomic E-state index is 0.0392. The number of hydrogen-bond acceptors (Lipinski definition) is 3. The Morgan fingerprint density at radius 1 is 1.59 bits per heavy atom. The lowest BCUT2D eigenvalue weighted by Crippen LogP contribution is -2.41. The van der Waals surface area contributed by atoms with Crippen molar-refractivity contribution in [1.82, 2.24) is 9.88 Å². The first-order valence-corrected chi connectivity index (χ1v) is 5.60.